The number of pyridine rings is 1. The van der Waals surface area contributed by atoms with Gasteiger partial charge in [0.2, 0.25) is 0 Å². The maximum absolute atomic E-state index is 11.6. The first-order chi connectivity index (χ1) is 10.9. The number of ketones is 1. The molecule has 0 bridgehead atoms. The van der Waals surface area contributed by atoms with Crippen LogP contribution < -0.4 is 0 Å². The molecule has 3 nitrogen and oxygen atoms in total. The number of allylic oxidation sites excluding steroid dienone is 3. The van der Waals surface area contributed by atoms with E-state index < -0.39 is 0 Å². The lowest BCUT2D eigenvalue weighted by molar-refractivity contribution is -0.121. The van der Waals surface area contributed by atoms with Crippen molar-refractivity contribution in [3.05, 3.63) is 47.8 Å². The Balaban J connectivity index is 2.79. The Bertz CT molecular complexity index is 558. The molecule has 23 heavy (non-hydrogen) atoms. The molecule has 0 unspecified atom stereocenters. The standard InChI is InChI=1S/C20H29NO2/c1-6-16(4)18(11-19(23)13-22)10-15(3)9-17(5)20-8-7-14(2)12-21-20/h7-8,10,12,15-16,22H,5-6,9,11,13H2,1-4H3/b18-10-/t15-,16+/m0/s1. The van der Waals surface area contributed by atoms with Gasteiger partial charge in [0.25, 0.3) is 0 Å². The summed E-state index contributed by atoms with van der Waals surface area (Å²) in [5.74, 6) is 0.502. The van der Waals surface area contributed by atoms with Gasteiger partial charge in [0.05, 0.1) is 5.69 Å². The fraction of sp³-hybridized carbons (Fsp3) is 0.500. The highest BCUT2D eigenvalue weighted by Gasteiger charge is 2.14. The second-order valence-electron chi connectivity index (χ2n) is 6.43. The number of aliphatic hydroxyl groups is 1. The molecule has 2 atom stereocenters. The van der Waals surface area contributed by atoms with Crippen molar-refractivity contribution in [3.63, 3.8) is 0 Å². The van der Waals surface area contributed by atoms with Crippen molar-refractivity contribution in [2.45, 2.75) is 47.0 Å². The van der Waals surface area contributed by atoms with E-state index in [0.29, 0.717) is 12.3 Å². The molecule has 0 saturated carbocycles. The zero-order valence-electron chi connectivity index (χ0n) is 14.8. The minimum atomic E-state index is -0.387. The summed E-state index contributed by atoms with van der Waals surface area (Å²) in [5, 5.41) is 8.99. The average Bonchev–Trinajstić information content (AvgIpc) is 2.53. The number of aliphatic hydroxyl groups excluding tert-OH is 1. The molecule has 0 radical (unpaired) electrons. The largest absolute Gasteiger partial charge is 0.389 e. The van der Waals surface area contributed by atoms with Gasteiger partial charge in [0.15, 0.2) is 5.78 Å². The topological polar surface area (TPSA) is 50.2 Å². The maximum Gasteiger partial charge on any atom is 0.162 e. The number of nitrogens with zero attached hydrogens (tertiary/aromatic N) is 1. The lowest BCUT2D eigenvalue weighted by Gasteiger charge is -2.17. The summed E-state index contributed by atoms with van der Waals surface area (Å²) in [6.45, 7) is 12.1. The van der Waals surface area contributed by atoms with E-state index in [-0.39, 0.29) is 18.3 Å². The molecule has 1 heterocycles. The molecular formula is C20H29NO2. The normalized spacial score (nSPS) is 14.4. The third-order valence-electron chi connectivity index (χ3n) is 4.16. The van der Waals surface area contributed by atoms with Gasteiger partial charge >= 0.3 is 0 Å². The Morgan fingerprint density at radius 3 is 2.61 bits per heavy atom. The van der Waals surface area contributed by atoms with E-state index in [0.717, 1.165) is 35.2 Å². The lowest BCUT2D eigenvalue weighted by Crippen LogP contribution is -2.10. The van der Waals surface area contributed by atoms with Gasteiger partial charge in [0, 0.05) is 12.6 Å². The van der Waals surface area contributed by atoms with E-state index in [1.807, 2.05) is 25.3 Å². The minimum Gasteiger partial charge on any atom is -0.389 e. The van der Waals surface area contributed by atoms with E-state index in [4.69, 9.17) is 5.11 Å². The van der Waals surface area contributed by atoms with E-state index in [9.17, 15) is 4.79 Å². The Kier molecular flexibility index (Phi) is 7.90. The van der Waals surface area contributed by atoms with Gasteiger partial charge in [-0.2, -0.15) is 0 Å². The number of aryl methyl sites for hydroxylation is 1. The van der Waals surface area contributed by atoms with Crippen LogP contribution >= 0.6 is 0 Å². The molecule has 0 saturated heterocycles. The van der Waals surface area contributed by atoms with Gasteiger partial charge in [-0.3, -0.25) is 9.78 Å². The molecule has 1 aromatic rings. The molecule has 0 spiro atoms. The fourth-order valence-corrected chi connectivity index (χ4v) is 2.54. The number of rotatable bonds is 9. The van der Waals surface area contributed by atoms with Gasteiger partial charge < -0.3 is 5.11 Å². The molecule has 1 rings (SSSR count). The molecule has 126 valence electrons. The zero-order chi connectivity index (χ0) is 17.4. The van der Waals surface area contributed by atoms with E-state index in [1.54, 1.807) is 0 Å². The van der Waals surface area contributed by atoms with Crippen LogP contribution in [0.4, 0.5) is 0 Å². The van der Waals surface area contributed by atoms with Gasteiger partial charge in [-0.1, -0.05) is 45.1 Å². The Labute approximate surface area is 140 Å². The molecule has 0 fully saturated rings. The van der Waals surface area contributed by atoms with Crippen LogP contribution in [0.3, 0.4) is 0 Å². The van der Waals surface area contributed by atoms with Crippen LogP contribution in [-0.4, -0.2) is 22.5 Å². The number of hydrogen-bond acceptors (Lipinski definition) is 3. The van der Waals surface area contributed by atoms with Crippen LogP contribution in [0, 0.1) is 18.8 Å². The van der Waals surface area contributed by atoms with E-state index in [1.165, 1.54) is 0 Å². The van der Waals surface area contributed by atoms with Crippen molar-refractivity contribution >= 4 is 11.4 Å². The van der Waals surface area contributed by atoms with Gasteiger partial charge in [-0.25, -0.2) is 0 Å². The predicted molar refractivity (Wildman–Crippen MR) is 96.0 cm³/mol. The summed E-state index contributed by atoms with van der Waals surface area (Å²) in [6, 6.07) is 4.04. The van der Waals surface area contributed by atoms with Crippen LogP contribution in [0.15, 0.2) is 36.6 Å². The van der Waals surface area contributed by atoms with Crippen LogP contribution in [-0.2, 0) is 4.79 Å². The molecular weight excluding hydrogens is 286 g/mol. The van der Waals surface area contributed by atoms with Crippen molar-refractivity contribution in [2.24, 2.45) is 11.8 Å². The average molecular weight is 315 g/mol. The van der Waals surface area contributed by atoms with Crippen LogP contribution in [0.5, 0.6) is 0 Å². The second-order valence-corrected chi connectivity index (χ2v) is 6.43. The van der Waals surface area contributed by atoms with Gasteiger partial charge in [-0.15, -0.1) is 0 Å². The van der Waals surface area contributed by atoms with Gasteiger partial charge in [-0.05, 0) is 48.8 Å². The van der Waals surface area contributed by atoms with Crippen molar-refractivity contribution in [1.82, 2.24) is 4.98 Å². The van der Waals surface area contributed by atoms with Crippen LogP contribution in [0.1, 0.15) is 51.3 Å². The highest BCUT2D eigenvalue weighted by molar-refractivity contribution is 5.81. The van der Waals surface area contributed by atoms with Crippen molar-refractivity contribution < 1.29 is 9.90 Å². The molecule has 0 aliphatic carbocycles. The minimum absolute atomic E-state index is 0.122. The summed E-state index contributed by atoms with van der Waals surface area (Å²) in [4.78, 5) is 16.0. The van der Waals surface area contributed by atoms with Crippen molar-refractivity contribution in [2.75, 3.05) is 6.61 Å². The second kappa shape index (κ2) is 9.41. The third kappa shape index (κ3) is 6.49. The van der Waals surface area contributed by atoms with Gasteiger partial charge in [0.1, 0.15) is 6.61 Å². The molecule has 1 N–H and O–H groups in total. The summed E-state index contributed by atoms with van der Waals surface area (Å²) >= 11 is 0. The van der Waals surface area contributed by atoms with E-state index >= 15 is 0 Å². The molecule has 0 aliphatic heterocycles. The highest BCUT2D eigenvalue weighted by Crippen LogP contribution is 2.25. The number of hydrogen-bond donors (Lipinski definition) is 1. The Morgan fingerprint density at radius 2 is 2.09 bits per heavy atom. The molecule has 0 aliphatic rings. The highest BCUT2D eigenvalue weighted by atomic mass is 16.3. The smallest absolute Gasteiger partial charge is 0.162 e. The van der Waals surface area contributed by atoms with Crippen molar-refractivity contribution in [3.8, 4) is 0 Å². The Morgan fingerprint density at radius 1 is 1.39 bits per heavy atom. The number of aromatic nitrogens is 1. The van der Waals surface area contributed by atoms with Crippen molar-refractivity contribution in [1.29, 1.82) is 0 Å². The first-order valence-electron chi connectivity index (χ1n) is 8.31. The first kappa shape index (κ1) is 19.3. The lowest BCUT2D eigenvalue weighted by atomic mass is 9.89. The monoisotopic (exact) mass is 315 g/mol. The number of carbonyl (C=O) groups excluding carboxylic acids is 1. The zero-order valence-corrected chi connectivity index (χ0v) is 14.8. The SMILES string of the molecule is C=C(C[C@H](C)/C=C(/CC(=O)CO)[C@H](C)CC)c1ccc(C)cn1. The summed E-state index contributed by atoms with van der Waals surface area (Å²) in [7, 11) is 0. The quantitative estimate of drug-likeness (QED) is 0.689. The summed E-state index contributed by atoms with van der Waals surface area (Å²) in [6.07, 6.45) is 6.15. The molecule has 1 aromatic heterocycles. The molecule has 3 heteroatoms. The maximum atomic E-state index is 11.6. The molecule has 0 aromatic carbocycles. The number of carbonyl (C=O) groups is 1. The van der Waals surface area contributed by atoms with E-state index in [2.05, 4.69) is 38.4 Å². The third-order valence-corrected chi connectivity index (χ3v) is 4.16. The van der Waals surface area contributed by atoms with Crippen LogP contribution in [0.25, 0.3) is 5.57 Å². The van der Waals surface area contributed by atoms with Crippen LogP contribution in [0.2, 0.25) is 0 Å². The summed E-state index contributed by atoms with van der Waals surface area (Å²) < 4.78 is 0. The predicted octanol–water partition coefficient (Wildman–Crippen LogP) is 4.35. The summed E-state index contributed by atoms with van der Waals surface area (Å²) in [5.41, 5.74) is 4.18. The first-order valence-corrected chi connectivity index (χ1v) is 8.31. The molecule has 0 amide bonds. The fourth-order valence-electron chi connectivity index (χ4n) is 2.54. The Hall–Kier alpha value is -1.74. The number of Topliss-reactive ketones (excluding diaryl/α,β-unsaturated/α-hetero) is 1.